The Morgan fingerprint density at radius 1 is 0.900 bits per heavy atom. The van der Waals surface area contributed by atoms with Crippen molar-refractivity contribution < 1.29 is 19.2 Å². The molecule has 3 fully saturated rings. The third kappa shape index (κ3) is 3.91. The van der Waals surface area contributed by atoms with Crippen LogP contribution in [0.5, 0.6) is 0 Å². The van der Waals surface area contributed by atoms with Crippen molar-refractivity contribution in [3.63, 3.8) is 0 Å². The van der Waals surface area contributed by atoms with E-state index in [1.54, 1.807) is 18.2 Å². The highest BCUT2D eigenvalue weighted by Gasteiger charge is 2.52. The van der Waals surface area contributed by atoms with E-state index >= 15 is 0 Å². The molecule has 2 aliphatic heterocycles. The molecule has 1 aromatic rings. The molecular formula is C22H28N4O4. The quantitative estimate of drug-likeness (QED) is 0.773. The van der Waals surface area contributed by atoms with Crippen LogP contribution in [0.1, 0.15) is 50.4 Å². The van der Waals surface area contributed by atoms with Crippen molar-refractivity contribution in [2.24, 2.45) is 11.8 Å². The summed E-state index contributed by atoms with van der Waals surface area (Å²) in [5.74, 6) is 0.292. The zero-order valence-corrected chi connectivity index (χ0v) is 17.6. The second-order valence-electron chi connectivity index (χ2n) is 8.66. The maximum absolute atomic E-state index is 13.2. The Bertz CT molecular complexity index is 880. The van der Waals surface area contributed by atoms with Gasteiger partial charge in [-0.1, -0.05) is 13.3 Å². The Balaban J connectivity index is 1.48. The number of benzene rings is 1. The van der Waals surface area contributed by atoms with Gasteiger partial charge in [0, 0.05) is 49.8 Å². The number of piperazine rings is 1. The summed E-state index contributed by atoms with van der Waals surface area (Å²) in [5.41, 5.74) is 1.32. The number of carbonyl (C=O) groups excluding carboxylic acids is 4. The molecule has 0 radical (unpaired) electrons. The fraction of sp³-hybridized carbons (Fsp3) is 0.545. The number of nitrogens with zero attached hydrogens (tertiary/aromatic N) is 2. The highest BCUT2D eigenvalue weighted by atomic mass is 16.2. The molecule has 2 bridgehead atoms. The van der Waals surface area contributed by atoms with E-state index in [1.807, 2.05) is 9.80 Å². The van der Waals surface area contributed by atoms with Gasteiger partial charge in [0.25, 0.3) is 5.91 Å². The number of carbonyl (C=O) groups is 4. The first-order valence-electron chi connectivity index (χ1n) is 10.6. The number of likely N-dealkylation sites (tertiary alicyclic amines) is 2. The molecule has 30 heavy (non-hydrogen) atoms. The lowest BCUT2D eigenvalue weighted by molar-refractivity contribution is -0.135. The lowest BCUT2D eigenvalue weighted by Crippen LogP contribution is -2.51. The number of amides is 4. The SMILES string of the molecule is CC[C@@H]1C[C@H]1C(=O)N1C[C@@H]2C[C@H]1CN2C(=O)c1cc(NC(C)=O)cc(NC(C)=O)c1. The van der Waals surface area contributed by atoms with Crippen molar-refractivity contribution >= 4 is 35.0 Å². The molecule has 2 saturated heterocycles. The van der Waals surface area contributed by atoms with Crippen molar-refractivity contribution in [2.75, 3.05) is 23.7 Å². The van der Waals surface area contributed by atoms with Gasteiger partial charge in [0.15, 0.2) is 0 Å². The summed E-state index contributed by atoms with van der Waals surface area (Å²) in [7, 11) is 0. The number of anilines is 2. The zero-order valence-electron chi connectivity index (χ0n) is 17.6. The summed E-state index contributed by atoms with van der Waals surface area (Å²) in [4.78, 5) is 52.7. The van der Waals surface area contributed by atoms with Crippen LogP contribution in [0.3, 0.4) is 0 Å². The minimum Gasteiger partial charge on any atom is -0.336 e. The lowest BCUT2D eigenvalue weighted by atomic mass is 10.1. The van der Waals surface area contributed by atoms with Crippen LogP contribution in [0.4, 0.5) is 11.4 Å². The zero-order chi connectivity index (χ0) is 21.6. The normalized spacial score (nSPS) is 26.5. The van der Waals surface area contributed by atoms with Gasteiger partial charge in [-0.2, -0.15) is 0 Å². The topological polar surface area (TPSA) is 98.8 Å². The van der Waals surface area contributed by atoms with Gasteiger partial charge in [-0.05, 0) is 37.0 Å². The van der Waals surface area contributed by atoms with Gasteiger partial charge in [0.1, 0.15) is 0 Å². The van der Waals surface area contributed by atoms with Crippen LogP contribution in [0.25, 0.3) is 0 Å². The Hall–Kier alpha value is -2.90. The molecule has 160 valence electrons. The predicted molar refractivity (Wildman–Crippen MR) is 112 cm³/mol. The van der Waals surface area contributed by atoms with Gasteiger partial charge < -0.3 is 20.4 Å². The molecule has 3 aliphatic rings. The van der Waals surface area contributed by atoms with Crippen molar-refractivity contribution in [2.45, 2.75) is 52.1 Å². The standard InChI is InChI=1S/C22H28N4O4/c1-4-14-7-20(14)22(30)26-11-18-9-19(26)10-25(18)21(29)15-5-16(23-12(2)27)8-17(6-15)24-13(3)28/h5-6,8,14,18-20H,4,7,9-11H2,1-3H3,(H,23,27)(H,24,28)/t14-,18+,19+,20-/m1/s1. The van der Waals surface area contributed by atoms with Crippen molar-refractivity contribution in [3.05, 3.63) is 23.8 Å². The van der Waals surface area contributed by atoms with Crippen LogP contribution in [-0.2, 0) is 14.4 Å². The predicted octanol–water partition coefficient (Wildman–Crippen LogP) is 2.07. The Kier molecular flexibility index (Phi) is 5.26. The average molecular weight is 412 g/mol. The van der Waals surface area contributed by atoms with E-state index in [4.69, 9.17) is 0 Å². The molecule has 8 nitrogen and oxygen atoms in total. The molecule has 2 N–H and O–H groups in total. The summed E-state index contributed by atoms with van der Waals surface area (Å²) in [6.07, 6.45) is 2.85. The first kappa shape index (κ1) is 20.4. The summed E-state index contributed by atoms with van der Waals surface area (Å²) in [6.45, 7) is 6.02. The lowest BCUT2D eigenvalue weighted by Gasteiger charge is -2.34. The second kappa shape index (κ2) is 7.74. The highest BCUT2D eigenvalue weighted by Crippen LogP contribution is 2.44. The van der Waals surface area contributed by atoms with Gasteiger partial charge in [0.05, 0.1) is 12.1 Å². The van der Waals surface area contributed by atoms with E-state index in [0.29, 0.717) is 35.9 Å². The second-order valence-corrected chi connectivity index (χ2v) is 8.66. The minimum atomic E-state index is -0.256. The van der Waals surface area contributed by atoms with Crippen molar-refractivity contribution in [3.8, 4) is 0 Å². The maximum atomic E-state index is 13.2. The number of rotatable bonds is 5. The first-order valence-corrected chi connectivity index (χ1v) is 10.6. The molecule has 8 heteroatoms. The van der Waals surface area contributed by atoms with E-state index in [-0.39, 0.29) is 41.6 Å². The van der Waals surface area contributed by atoms with E-state index in [1.165, 1.54) is 13.8 Å². The minimum absolute atomic E-state index is 0.0129. The van der Waals surface area contributed by atoms with Crippen LogP contribution >= 0.6 is 0 Å². The van der Waals surface area contributed by atoms with Crippen molar-refractivity contribution in [1.82, 2.24) is 9.80 Å². The molecule has 0 spiro atoms. The third-order valence-electron chi connectivity index (χ3n) is 6.37. The van der Waals surface area contributed by atoms with E-state index in [2.05, 4.69) is 17.6 Å². The fourth-order valence-corrected chi connectivity index (χ4v) is 4.87. The summed E-state index contributed by atoms with van der Waals surface area (Å²) in [5, 5.41) is 5.35. The van der Waals surface area contributed by atoms with Crippen LogP contribution in [0, 0.1) is 11.8 Å². The third-order valence-corrected chi connectivity index (χ3v) is 6.37. The molecule has 0 unspecified atom stereocenters. The number of fused-ring (bicyclic) bond motifs is 2. The Labute approximate surface area is 176 Å². The molecule has 4 rings (SSSR count). The fourth-order valence-electron chi connectivity index (χ4n) is 4.87. The summed E-state index contributed by atoms with van der Waals surface area (Å²) < 4.78 is 0. The Morgan fingerprint density at radius 3 is 1.93 bits per heavy atom. The number of hydrogen-bond acceptors (Lipinski definition) is 4. The van der Waals surface area contributed by atoms with Crippen LogP contribution in [-0.4, -0.2) is 58.6 Å². The molecular weight excluding hydrogens is 384 g/mol. The van der Waals surface area contributed by atoms with Gasteiger partial charge in [0.2, 0.25) is 17.7 Å². The van der Waals surface area contributed by atoms with Crippen LogP contribution in [0.15, 0.2) is 18.2 Å². The molecule has 1 saturated carbocycles. The van der Waals surface area contributed by atoms with Gasteiger partial charge in [-0.15, -0.1) is 0 Å². The largest absolute Gasteiger partial charge is 0.336 e. The first-order chi connectivity index (χ1) is 14.3. The van der Waals surface area contributed by atoms with Crippen LogP contribution in [0.2, 0.25) is 0 Å². The van der Waals surface area contributed by atoms with Crippen LogP contribution < -0.4 is 10.6 Å². The summed E-state index contributed by atoms with van der Waals surface area (Å²) >= 11 is 0. The van der Waals surface area contributed by atoms with E-state index in [9.17, 15) is 19.2 Å². The van der Waals surface area contributed by atoms with Gasteiger partial charge >= 0.3 is 0 Å². The molecule has 4 amide bonds. The van der Waals surface area contributed by atoms with Crippen molar-refractivity contribution in [1.29, 1.82) is 0 Å². The molecule has 2 heterocycles. The molecule has 1 aliphatic carbocycles. The number of hydrogen-bond donors (Lipinski definition) is 2. The molecule has 0 aromatic heterocycles. The average Bonchev–Trinajstić information content (AvgIpc) is 3.19. The van der Waals surface area contributed by atoms with E-state index in [0.717, 1.165) is 19.3 Å². The van der Waals surface area contributed by atoms with Gasteiger partial charge in [-0.3, -0.25) is 19.2 Å². The van der Waals surface area contributed by atoms with E-state index < -0.39 is 0 Å². The molecule has 1 aromatic carbocycles. The monoisotopic (exact) mass is 412 g/mol. The van der Waals surface area contributed by atoms with Gasteiger partial charge in [-0.25, -0.2) is 0 Å². The smallest absolute Gasteiger partial charge is 0.254 e. The highest BCUT2D eigenvalue weighted by molar-refractivity contribution is 6.00. The molecule has 4 atom stereocenters. The maximum Gasteiger partial charge on any atom is 0.254 e. The summed E-state index contributed by atoms with van der Waals surface area (Å²) in [6, 6.07) is 4.97. The number of nitrogens with one attached hydrogen (secondary N) is 2. The Morgan fingerprint density at radius 2 is 1.47 bits per heavy atom.